The molecule has 1 rings (SSSR count). The van der Waals surface area contributed by atoms with E-state index >= 15 is 0 Å². The largest absolute Gasteiger partial charge is 0.416 e. The van der Waals surface area contributed by atoms with E-state index in [4.69, 9.17) is 0 Å². The Balaban J connectivity index is 3.24. The average Bonchev–Trinajstić information content (AvgIpc) is 2.41. The molecule has 0 aromatic heterocycles. The lowest BCUT2D eigenvalue weighted by molar-refractivity contribution is -0.388. The molecule has 0 aliphatic carbocycles. The Bertz CT molecular complexity index is 718. The molecule has 24 heavy (non-hydrogen) atoms. The zero-order chi connectivity index (χ0) is 18.7. The lowest BCUT2D eigenvalue weighted by Crippen LogP contribution is -2.28. The van der Waals surface area contributed by atoms with E-state index in [1.165, 1.54) is 0 Å². The second-order valence-electron chi connectivity index (χ2n) is 5.39. The first-order valence-electron chi connectivity index (χ1n) is 6.87. The normalized spacial score (nSPS) is 12.6. The standard InChI is InChI=1S/C13H18F3N3O4S/c1-9-10(13(14,15)16)5-6-11(12(9)19(20)21)24(22,23)17-7-4-8-18(2)3/h5-6,17H,4,7-8H2,1-3H3. The second kappa shape index (κ2) is 7.45. The molecule has 0 saturated carbocycles. The molecule has 0 radical (unpaired) electrons. The molecular weight excluding hydrogens is 351 g/mol. The van der Waals surface area contributed by atoms with E-state index in [0.717, 1.165) is 6.92 Å². The molecule has 136 valence electrons. The fourth-order valence-corrected chi connectivity index (χ4v) is 3.40. The average molecular weight is 369 g/mol. The fraction of sp³-hybridized carbons (Fsp3) is 0.538. The van der Waals surface area contributed by atoms with Gasteiger partial charge in [-0.3, -0.25) is 10.1 Å². The van der Waals surface area contributed by atoms with Crippen LogP contribution in [0.1, 0.15) is 17.5 Å². The van der Waals surface area contributed by atoms with Gasteiger partial charge in [0.15, 0.2) is 4.90 Å². The van der Waals surface area contributed by atoms with Gasteiger partial charge >= 0.3 is 6.18 Å². The van der Waals surface area contributed by atoms with Crippen LogP contribution < -0.4 is 4.72 Å². The molecule has 0 saturated heterocycles. The fourth-order valence-electron chi connectivity index (χ4n) is 2.11. The Labute approximate surface area is 137 Å². The van der Waals surface area contributed by atoms with Crippen LogP contribution in [-0.2, 0) is 16.2 Å². The molecule has 11 heteroatoms. The van der Waals surface area contributed by atoms with Gasteiger partial charge in [-0.15, -0.1) is 0 Å². The van der Waals surface area contributed by atoms with Gasteiger partial charge in [0.25, 0.3) is 5.69 Å². The smallest absolute Gasteiger partial charge is 0.309 e. The first kappa shape index (κ1) is 20.3. The van der Waals surface area contributed by atoms with Crippen LogP contribution in [0.15, 0.2) is 17.0 Å². The molecule has 1 aromatic carbocycles. The van der Waals surface area contributed by atoms with E-state index in [1.54, 1.807) is 14.1 Å². The topological polar surface area (TPSA) is 92.6 Å². The van der Waals surface area contributed by atoms with Gasteiger partial charge in [0.1, 0.15) is 0 Å². The number of nitro groups is 1. The van der Waals surface area contributed by atoms with Gasteiger partial charge in [0.2, 0.25) is 10.0 Å². The van der Waals surface area contributed by atoms with Crippen molar-refractivity contribution in [3.8, 4) is 0 Å². The highest BCUT2D eigenvalue weighted by molar-refractivity contribution is 7.89. The number of hydrogen-bond donors (Lipinski definition) is 1. The van der Waals surface area contributed by atoms with E-state index in [9.17, 15) is 31.7 Å². The molecule has 0 unspecified atom stereocenters. The van der Waals surface area contributed by atoms with Crippen LogP contribution in [0, 0.1) is 17.0 Å². The number of alkyl halides is 3. The summed E-state index contributed by atoms with van der Waals surface area (Å²) in [4.78, 5) is 11.1. The van der Waals surface area contributed by atoms with E-state index in [-0.39, 0.29) is 6.54 Å². The molecule has 0 heterocycles. The highest BCUT2D eigenvalue weighted by atomic mass is 32.2. The van der Waals surface area contributed by atoms with Crippen LogP contribution in [0.2, 0.25) is 0 Å². The van der Waals surface area contributed by atoms with Crippen molar-refractivity contribution in [2.24, 2.45) is 0 Å². The van der Waals surface area contributed by atoms with Gasteiger partial charge in [0.05, 0.1) is 10.5 Å². The van der Waals surface area contributed by atoms with E-state index < -0.39 is 42.8 Å². The zero-order valence-electron chi connectivity index (χ0n) is 13.3. The van der Waals surface area contributed by atoms with Gasteiger partial charge in [0, 0.05) is 12.1 Å². The summed E-state index contributed by atoms with van der Waals surface area (Å²) >= 11 is 0. The molecule has 0 aliphatic rings. The lowest BCUT2D eigenvalue weighted by Gasteiger charge is -2.14. The number of sulfonamides is 1. The Morgan fingerprint density at radius 3 is 2.33 bits per heavy atom. The molecule has 0 bridgehead atoms. The molecule has 0 spiro atoms. The lowest BCUT2D eigenvalue weighted by atomic mass is 10.1. The summed E-state index contributed by atoms with van der Waals surface area (Å²) in [6.45, 7) is 1.47. The van der Waals surface area contributed by atoms with Crippen molar-refractivity contribution in [3.63, 3.8) is 0 Å². The van der Waals surface area contributed by atoms with Crippen molar-refractivity contribution in [1.82, 2.24) is 9.62 Å². The Hall–Kier alpha value is -1.72. The molecule has 7 nitrogen and oxygen atoms in total. The third kappa shape index (κ3) is 4.89. The van der Waals surface area contributed by atoms with Crippen molar-refractivity contribution < 1.29 is 26.5 Å². The minimum atomic E-state index is -4.81. The van der Waals surface area contributed by atoms with Gasteiger partial charge in [-0.05, 0) is 46.1 Å². The minimum Gasteiger partial charge on any atom is -0.309 e. The highest BCUT2D eigenvalue weighted by Gasteiger charge is 2.38. The first-order valence-corrected chi connectivity index (χ1v) is 8.36. The summed E-state index contributed by atoms with van der Waals surface area (Å²) in [5, 5.41) is 11.1. The maximum Gasteiger partial charge on any atom is 0.416 e. The Kier molecular flexibility index (Phi) is 6.31. The van der Waals surface area contributed by atoms with Gasteiger partial charge < -0.3 is 4.90 Å². The minimum absolute atomic E-state index is 0.0116. The first-order chi connectivity index (χ1) is 10.9. The van der Waals surface area contributed by atoms with Crippen molar-refractivity contribution in [2.75, 3.05) is 27.2 Å². The van der Waals surface area contributed by atoms with Gasteiger partial charge in [-0.2, -0.15) is 13.2 Å². The van der Waals surface area contributed by atoms with E-state index in [1.807, 2.05) is 4.90 Å². The SMILES string of the molecule is Cc1c(C(F)(F)F)ccc(S(=O)(=O)NCCCN(C)C)c1[N+](=O)[O-]. The highest BCUT2D eigenvalue weighted by Crippen LogP contribution is 2.38. The summed E-state index contributed by atoms with van der Waals surface area (Å²) in [6.07, 6.45) is -4.37. The van der Waals surface area contributed by atoms with Crippen LogP contribution >= 0.6 is 0 Å². The van der Waals surface area contributed by atoms with Gasteiger partial charge in [-0.1, -0.05) is 0 Å². The number of nitrogens with zero attached hydrogens (tertiary/aromatic N) is 2. The number of nitro benzene ring substituents is 1. The quantitative estimate of drug-likeness (QED) is 0.452. The summed E-state index contributed by atoms with van der Waals surface area (Å²) in [6, 6.07) is 1.15. The van der Waals surface area contributed by atoms with Crippen LogP contribution in [0.3, 0.4) is 0 Å². The number of nitrogens with one attached hydrogen (secondary N) is 1. The zero-order valence-corrected chi connectivity index (χ0v) is 14.2. The number of benzene rings is 1. The predicted molar refractivity (Wildman–Crippen MR) is 81.2 cm³/mol. The third-order valence-corrected chi connectivity index (χ3v) is 4.74. The predicted octanol–water partition coefficient (Wildman–Crippen LogP) is 2.15. The summed E-state index contributed by atoms with van der Waals surface area (Å²) in [5.41, 5.74) is -3.03. The van der Waals surface area contributed by atoms with Gasteiger partial charge in [-0.25, -0.2) is 13.1 Å². The van der Waals surface area contributed by atoms with Crippen molar-refractivity contribution in [1.29, 1.82) is 0 Å². The van der Waals surface area contributed by atoms with Crippen LogP contribution in [-0.4, -0.2) is 45.4 Å². The van der Waals surface area contributed by atoms with Crippen LogP contribution in [0.4, 0.5) is 18.9 Å². The third-order valence-electron chi connectivity index (χ3n) is 3.25. The van der Waals surface area contributed by atoms with Crippen molar-refractivity contribution in [2.45, 2.75) is 24.4 Å². The maximum absolute atomic E-state index is 12.9. The monoisotopic (exact) mass is 369 g/mol. The van der Waals surface area contributed by atoms with E-state index in [2.05, 4.69) is 4.72 Å². The molecule has 1 aromatic rings. The molecule has 0 atom stereocenters. The Morgan fingerprint density at radius 2 is 1.88 bits per heavy atom. The molecule has 1 N–H and O–H groups in total. The number of rotatable bonds is 7. The Morgan fingerprint density at radius 1 is 1.29 bits per heavy atom. The van der Waals surface area contributed by atoms with Crippen molar-refractivity contribution >= 4 is 15.7 Å². The summed E-state index contributed by atoms with van der Waals surface area (Å²) in [7, 11) is -0.716. The van der Waals surface area contributed by atoms with Crippen LogP contribution in [0.25, 0.3) is 0 Å². The molecule has 0 fully saturated rings. The maximum atomic E-state index is 12.9. The molecule has 0 amide bonds. The molecular formula is C13H18F3N3O4S. The number of halogens is 3. The van der Waals surface area contributed by atoms with E-state index in [0.29, 0.717) is 25.1 Å². The summed E-state index contributed by atoms with van der Waals surface area (Å²) < 4.78 is 65.1. The second-order valence-corrected chi connectivity index (χ2v) is 7.13. The van der Waals surface area contributed by atoms with Crippen LogP contribution in [0.5, 0.6) is 0 Å². The summed E-state index contributed by atoms with van der Waals surface area (Å²) in [5.74, 6) is 0. The number of hydrogen-bond acceptors (Lipinski definition) is 5. The molecule has 0 aliphatic heterocycles. The van der Waals surface area contributed by atoms with Crippen molar-refractivity contribution in [3.05, 3.63) is 33.4 Å².